The number of hydrogen-bond acceptors (Lipinski definition) is 4. The van der Waals surface area contributed by atoms with Crippen LogP contribution in [0.4, 0.5) is 4.79 Å². The van der Waals surface area contributed by atoms with Crippen molar-refractivity contribution in [3.63, 3.8) is 0 Å². The number of nitrogens with zero attached hydrogens (tertiary/aromatic N) is 3. The van der Waals surface area contributed by atoms with Crippen molar-refractivity contribution < 1.29 is 9.53 Å². The van der Waals surface area contributed by atoms with E-state index < -0.39 is 6.09 Å². The molecule has 0 saturated heterocycles. The van der Waals surface area contributed by atoms with E-state index in [2.05, 4.69) is 9.97 Å². The molecular weight excluding hydrogens is 350 g/mol. The monoisotopic (exact) mass is 369 g/mol. The van der Waals surface area contributed by atoms with E-state index in [1.807, 2.05) is 78.9 Å². The van der Waals surface area contributed by atoms with Crippen LogP contribution in [0.15, 0.2) is 91.3 Å². The Kier molecular flexibility index (Phi) is 5.24. The second kappa shape index (κ2) is 8.31. The van der Waals surface area contributed by atoms with Crippen molar-refractivity contribution in [2.24, 2.45) is 0 Å². The zero-order valence-corrected chi connectivity index (χ0v) is 15.2. The number of carbonyl (C=O) groups is 1. The normalized spacial score (nSPS) is 13.1. The fourth-order valence-corrected chi connectivity index (χ4v) is 3.03. The van der Waals surface area contributed by atoms with Gasteiger partial charge in [0.25, 0.3) is 0 Å². The van der Waals surface area contributed by atoms with Crippen LogP contribution in [0.1, 0.15) is 11.3 Å². The third-order valence-electron chi connectivity index (χ3n) is 4.39. The molecule has 0 spiro atoms. The molecule has 4 rings (SSSR count). The molecule has 0 fully saturated rings. The third-order valence-corrected chi connectivity index (χ3v) is 4.39. The second-order valence-corrected chi connectivity index (χ2v) is 6.25. The molecule has 0 radical (unpaired) electrons. The fraction of sp³-hybridized carbons (Fsp3) is 0.0870. The second-order valence-electron chi connectivity index (χ2n) is 6.25. The minimum Gasteiger partial charge on any atom is -0.444 e. The number of amides is 1. The molecule has 1 amide bonds. The summed E-state index contributed by atoms with van der Waals surface area (Å²) in [6, 6.07) is 19.2. The SMILES string of the molecule is O=C(OCc1ccccc1)N1CC=CC=C1c1ncccc1-c1ccccn1. The minimum atomic E-state index is -0.405. The van der Waals surface area contributed by atoms with Crippen LogP contribution in [0.2, 0.25) is 0 Å². The first-order chi connectivity index (χ1) is 13.8. The standard InChI is InChI=1S/C23H19N3O2/c27-23(28-17-18-9-2-1-3-10-18)26-16-7-5-13-21(26)22-19(11-8-15-25-22)20-12-4-6-14-24-20/h1-15H,16-17H2. The van der Waals surface area contributed by atoms with Gasteiger partial charge in [-0.3, -0.25) is 14.9 Å². The molecule has 28 heavy (non-hydrogen) atoms. The number of rotatable bonds is 4. The van der Waals surface area contributed by atoms with Gasteiger partial charge in [-0.05, 0) is 35.9 Å². The van der Waals surface area contributed by atoms with Crippen molar-refractivity contribution in [2.75, 3.05) is 6.54 Å². The summed E-state index contributed by atoms with van der Waals surface area (Å²) in [4.78, 5) is 23.4. The number of aromatic nitrogens is 2. The van der Waals surface area contributed by atoms with E-state index in [1.165, 1.54) is 0 Å². The van der Waals surface area contributed by atoms with E-state index in [0.717, 1.165) is 16.8 Å². The van der Waals surface area contributed by atoms with Gasteiger partial charge in [0.1, 0.15) is 6.61 Å². The van der Waals surface area contributed by atoms with E-state index in [1.54, 1.807) is 17.3 Å². The molecule has 5 heteroatoms. The smallest absolute Gasteiger partial charge is 0.414 e. The lowest BCUT2D eigenvalue weighted by atomic mass is 10.0. The van der Waals surface area contributed by atoms with Crippen LogP contribution in [0.5, 0.6) is 0 Å². The lowest BCUT2D eigenvalue weighted by molar-refractivity contribution is 0.116. The van der Waals surface area contributed by atoms with Gasteiger partial charge in [0.15, 0.2) is 0 Å². The van der Waals surface area contributed by atoms with Crippen molar-refractivity contribution >= 4 is 11.8 Å². The van der Waals surface area contributed by atoms with Crippen LogP contribution < -0.4 is 0 Å². The summed E-state index contributed by atoms with van der Waals surface area (Å²) >= 11 is 0. The Balaban J connectivity index is 1.61. The highest BCUT2D eigenvalue weighted by atomic mass is 16.6. The molecule has 3 aromatic rings. The fourth-order valence-electron chi connectivity index (χ4n) is 3.03. The Morgan fingerprint density at radius 3 is 2.61 bits per heavy atom. The molecule has 3 heterocycles. The first kappa shape index (κ1) is 17.7. The van der Waals surface area contributed by atoms with Gasteiger partial charge < -0.3 is 4.74 Å². The topological polar surface area (TPSA) is 55.3 Å². The molecule has 0 N–H and O–H groups in total. The summed E-state index contributed by atoms with van der Waals surface area (Å²) in [5.41, 5.74) is 4.01. The van der Waals surface area contributed by atoms with Crippen molar-refractivity contribution in [3.05, 3.63) is 103 Å². The van der Waals surface area contributed by atoms with Gasteiger partial charge in [-0.15, -0.1) is 0 Å². The van der Waals surface area contributed by atoms with E-state index in [-0.39, 0.29) is 6.61 Å². The highest BCUT2D eigenvalue weighted by Gasteiger charge is 2.24. The summed E-state index contributed by atoms with van der Waals surface area (Å²) in [6.07, 6.45) is 8.77. The molecule has 0 unspecified atom stereocenters. The zero-order valence-electron chi connectivity index (χ0n) is 15.2. The van der Waals surface area contributed by atoms with Crippen molar-refractivity contribution in [2.45, 2.75) is 6.61 Å². The van der Waals surface area contributed by atoms with Crippen LogP contribution in [0, 0.1) is 0 Å². The maximum atomic E-state index is 12.8. The molecule has 0 bridgehead atoms. The largest absolute Gasteiger partial charge is 0.444 e. The van der Waals surface area contributed by atoms with Gasteiger partial charge >= 0.3 is 6.09 Å². The Morgan fingerprint density at radius 2 is 1.79 bits per heavy atom. The predicted octanol–water partition coefficient (Wildman–Crippen LogP) is 4.69. The molecule has 0 aliphatic carbocycles. The van der Waals surface area contributed by atoms with Crippen molar-refractivity contribution in [1.82, 2.24) is 14.9 Å². The lowest BCUT2D eigenvalue weighted by Crippen LogP contribution is -2.32. The quantitative estimate of drug-likeness (QED) is 0.669. The van der Waals surface area contributed by atoms with Crippen LogP contribution >= 0.6 is 0 Å². The molecule has 1 aliphatic rings. The number of ether oxygens (including phenoxy) is 1. The molecule has 0 atom stereocenters. The maximum Gasteiger partial charge on any atom is 0.414 e. The van der Waals surface area contributed by atoms with Gasteiger partial charge in [-0.25, -0.2) is 4.79 Å². The Bertz CT molecular complexity index is 1010. The summed E-state index contributed by atoms with van der Waals surface area (Å²) in [6.45, 7) is 0.653. The van der Waals surface area contributed by atoms with Gasteiger partial charge in [-0.1, -0.05) is 48.6 Å². The van der Waals surface area contributed by atoms with Crippen molar-refractivity contribution in [3.8, 4) is 11.3 Å². The van der Waals surface area contributed by atoms with Gasteiger partial charge in [0.05, 0.1) is 17.1 Å². The van der Waals surface area contributed by atoms with E-state index in [4.69, 9.17) is 4.74 Å². The average molecular weight is 369 g/mol. The Labute approximate surface area is 163 Å². The number of allylic oxidation sites excluding steroid dienone is 2. The number of pyridine rings is 2. The lowest BCUT2D eigenvalue weighted by Gasteiger charge is -2.26. The molecule has 5 nitrogen and oxygen atoms in total. The molecule has 2 aromatic heterocycles. The minimum absolute atomic E-state index is 0.225. The molecule has 1 aromatic carbocycles. The van der Waals surface area contributed by atoms with E-state index >= 15 is 0 Å². The molecular formula is C23H19N3O2. The maximum absolute atomic E-state index is 12.8. The first-order valence-corrected chi connectivity index (χ1v) is 9.05. The Morgan fingerprint density at radius 1 is 0.964 bits per heavy atom. The van der Waals surface area contributed by atoms with Gasteiger partial charge in [0.2, 0.25) is 0 Å². The predicted molar refractivity (Wildman–Crippen MR) is 108 cm³/mol. The van der Waals surface area contributed by atoms with E-state index in [0.29, 0.717) is 17.9 Å². The first-order valence-electron chi connectivity index (χ1n) is 9.05. The van der Waals surface area contributed by atoms with Gasteiger partial charge in [0, 0.05) is 24.5 Å². The van der Waals surface area contributed by atoms with Gasteiger partial charge in [-0.2, -0.15) is 0 Å². The van der Waals surface area contributed by atoms with Crippen LogP contribution in [0.3, 0.4) is 0 Å². The van der Waals surface area contributed by atoms with E-state index in [9.17, 15) is 4.79 Å². The molecule has 1 aliphatic heterocycles. The molecule has 0 saturated carbocycles. The third kappa shape index (κ3) is 3.83. The number of carbonyl (C=O) groups excluding carboxylic acids is 1. The Hall–Kier alpha value is -3.73. The summed E-state index contributed by atoms with van der Waals surface area (Å²) in [7, 11) is 0. The highest BCUT2D eigenvalue weighted by Crippen LogP contribution is 2.29. The zero-order chi connectivity index (χ0) is 19.2. The molecule has 138 valence electrons. The summed E-state index contributed by atoms with van der Waals surface area (Å²) in [5, 5.41) is 0. The highest BCUT2D eigenvalue weighted by molar-refractivity contribution is 5.87. The number of benzene rings is 1. The van der Waals surface area contributed by atoms with Crippen LogP contribution in [-0.2, 0) is 11.3 Å². The van der Waals surface area contributed by atoms with Crippen molar-refractivity contribution in [1.29, 1.82) is 0 Å². The van der Waals surface area contributed by atoms with Crippen LogP contribution in [0.25, 0.3) is 17.0 Å². The summed E-state index contributed by atoms with van der Waals surface area (Å²) in [5.74, 6) is 0. The van der Waals surface area contributed by atoms with Crippen LogP contribution in [-0.4, -0.2) is 27.5 Å². The average Bonchev–Trinajstić information content (AvgIpc) is 2.79. The summed E-state index contributed by atoms with van der Waals surface area (Å²) < 4.78 is 5.53. The number of hydrogen-bond donors (Lipinski definition) is 0.